The van der Waals surface area contributed by atoms with Crippen molar-refractivity contribution >= 4 is 21.8 Å². The average molecular weight is 424 g/mol. The van der Waals surface area contributed by atoms with E-state index in [0.717, 1.165) is 22.2 Å². The lowest BCUT2D eigenvalue weighted by Crippen LogP contribution is -2.23. The molecule has 2 aromatic carbocycles. The molecule has 0 atom stereocenters. The number of nitrogens with zero attached hydrogens (tertiary/aromatic N) is 1. The third-order valence-corrected chi connectivity index (χ3v) is 4.23. The molecule has 0 bridgehead atoms. The predicted octanol–water partition coefficient (Wildman–Crippen LogP) is 4.79. The number of amides is 1. The highest BCUT2D eigenvalue weighted by Gasteiger charge is 2.29. The van der Waals surface area contributed by atoms with Gasteiger partial charge in [0.05, 0.1) is 11.3 Å². The number of benzene rings is 2. The number of alkyl halides is 3. The third-order valence-electron chi connectivity index (χ3n) is 3.70. The fourth-order valence-electron chi connectivity index (χ4n) is 2.30. The minimum absolute atomic E-state index is 0.115. The fourth-order valence-corrected chi connectivity index (χ4v) is 2.56. The largest absolute Gasteiger partial charge is 0.416 e. The highest BCUT2D eigenvalue weighted by molar-refractivity contribution is 9.10. The van der Waals surface area contributed by atoms with E-state index in [1.165, 1.54) is 12.1 Å². The highest BCUT2D eigenvalue weighted by atomic mass is 79.9. The average Bonchev–Trinajstić information content (AvgIpc) is 3.10. The quantitative estimate of drug-likeness (QED) is 0.633. The first-order valence-electron chi connectivity index (χ1n) is 7.58. The maximum absolute atomic E-state index is 12.5. The zero-order valence-electron chi connectivity index (χ0n) is 13.3. The molecule has 2 N–H and O–H groups in total. The van der Waals surface area contributed by atoms with Crippen LogP contribution in [0.1, 0.15) is 21.6 Å². The van der Waals surface area contributed by atoms with Crippen LogP contribution in [0.2, 0.25) is 0 Å². The van der Waals surface area contributed by atoms with Crippen molar-refractivity contribution in [1.29, 1.82) is 0 Å². The second-order valence-corrected chi connectivity index (χ2v) is 6.47. The molecule has 0 unspecified atom stereocenters. The Bertz CT molecular complexity index is 903. The molecule has 0 spiro atoms. The smallest absolute Gasteiger partial charge is 0.347 e. The van der Waals surface area contributed by atoms with Crippen molar-refractivity contribution in [3.63, 3.8) is 0 Å². The standard InChI is InChI=1S/C18H13BrF3N3O/c19-14-7-3-12(4-8-14)15-9-16(25-24-15)17(26)23-10-11-1-5-13(6-2-11)18(20,21)22/h1-9H,10H2,(H,23,26)(H,24,25). The van der Waals surface area contributed by atoms with Gasteiger partial charge >= 0.3 is 6.18 Å². The second-order valence-electron chi connectivity index (χ2n) is 5.55. The zero-order valence-corrected chi connectivity index (χ0v) is 14.9. The van der Waals surface area contributed by atoms with Gasteiger partial charge in [-0.15, -0.1) is 0 Å². The number of hydrogen-bond acceptors (Lipinski definition) is 2. The van der Waals surface area contributed by atoms with Gasteiger partial charge in [0.15, 0.2) is 0 Å². The van der Waals surface area contributed by atoms with E-state index in [2.05, 4.69) is 31.4 Å². The van der Waals surface area contributed by atoms with Crippen molar-refractivity contribution in [2.75, 3.05) is 0 Å². The van der Waals surface area contributed by atoms with Crippen LogP contribution in [-0.2, 0) is 12.7 Å². The molecule has 0 aliphatic carbocycles. The molecule has 1 amide bonds. The van der Waals surface area contributed by atoms with E-state index in [-0.39, 0.29) is 18.1 Å². The minimum Gasteiger partial charge on any atom is -0.347 e. The summed E-state index contributed by atoms with van der Waals surface area (Å²) >= 11 is 3.35. The number of carbonyl (C=O) groups is 1. The number of nitrogens with one attached hydrogen (secondary N) is 2. The summed E-state index contributed by atoms with van der Waals surface area (Å²) < 4.78 is 38.5. The number of aromatic amines is 1. The van der Waals surface area contributed by atoms with Gasteiger partial charge in [0.1, 0.15) is 5.69 Å². The lowest BCUT2D eigenvalue weighted by Gasteiger charge is -2.08. The summed E-state index contributed by atoms with van der Waals surface area (Å²) in [5.41, 5.74) is 1.59. The summed E-state index contributed by atoms with van der Waals surface area (Å²) in [6, 6.07) is 13.7. The van der Waals surface area contributed by atoms with Crippen LogP contribution in [0.4, 0.5) is 13.2 Å². The Morgan fingerprint density at radius 1 is 1.08 bits per heavy atom. The van der Waals surface area contributed by atoms with Crippen LogP contribution in [-0.4, -0.2) is 16.1 Å². The SMILES string of the molecule is O=C(NCc1ccc(C(F)(F)F)cc1)c1cc(-c2ccc(Br)cc2)n[nH]1. The van der Waals surface area contributed by atoms with Crippen molar-refractivity contribution in [1.82, 2.24) is 15.5 Å². The molecule has 4 nitrogen and oxygen atoms in total. The van der Waals surface area contributed by atoms with Crippen LogP contribution >= 0.6 is 15.9 Å². The molecular formula is C18H13BrF3N3O. The number of halogens is 4. The normalized spacial score (nSPS) is 11.4. The Labute approximate surface area is 155 Å². The van der Waals surface area contributed by atoms with E-state index in [1.807, 2.05) is 24.3 Å². The minimum atomic E-state index is -4.37. The summed E-state index contributed by atoms with van der Waals surface area (Å²) in [4.78, 5) is 12.2. The first-order chi connectivity index (χ1) is 12.3. The molecule has 0 saturated carbocycles. The number of aromatic nitrogens is 2. The molecule has 134 valence electrons. The van der Waals surface area contributed by atoms with E-state index in [1.54, 1.807) is 6.07 Å². The summed E-state index contributed by atoms with van der Waals surface area (Å²) in [7, 11) is 0. The summed E-state index contributed by atoms with van der Waals surface area (Å²) in [6.45, 7) is 0.115. The summed E-state index contributed by atoms with van der Waals surface area (Å²) in [5.74, 6) is -0.388. The second kappa shape index (κ2) is 7.33. The van der Waals surface area contributed by atoms with Crippen LogP contribution < -0.4 is 5.32 Å². The Hall–Kier alpha value is -2.61. The monoisotopic (exact) mass is 423 g/mol. The molecule has 3 rings (SSSR count). The fraction of sp³-hybridized carbons (Fsp3) is 0.111. The van der Waals surface area contributed by atoms with Gasteiger partial charge in [-0.2, -0.15) is 18.3 Å². The lowest BCUT2D eigenvalue weighted by atomic mass is 10.1. The van der Waals surface area contributed by atoms with Crippen molar-refractivity contribution in [2.45, 2.75) is 12.7 Å². The summed E-state index contributed by atoms with van der Waals surface area (Å²) in [6.07, 6.45) is -4.37. The van der Waals surface area contributed by atoms with Crippen molar-refractivity contribution in [3.8, 4) is 11.3 Å². The van der Waals surface area contributed by atoms with Gasteiger partial charge in [-0.3, -0.25) is 9.89 Å². The number of H-pyrrole nitrogens is 1. The van der Waals surface area contributed by atoms with Crippen LogP contribution in [0.5, 0.6) is 0 Å². The molecule has 0 saturated heterocycles. The molecular weight excluding hydrogens is 411 g/mol. The molecule has 8 heteroatoms. The van der Waals surface area contributed by atoms with Gasteiger partial charge in [-0.25, -0.2) is 0 Å². The first-order valence-corrected chi connectivity index (χ1v) is 8.38. The van der Waals surface area contributed by atoms with Gasteiger partial charge in [0, 0.05) is 16.6 Å². The van der Waals surface area contributed by atoms with Crippen molar-refractivity contribution in [3.05, 3.63) is 75.9 Å². The van der Waals surface area contributed by atoms with Crippen LogP contribution in [0, 0.1) is 0 Å². The van der Waals surface area contributed by atoms with Crippen LogP contribution in [0.25, 0.3) is 11.3 Å². The van der Waals surface area contributed by atoms with Crippen LogP contribution in [0.15, 0.2) is 59.1 Å². The Kier molecular flexibility index (Phi) is 5.13. The molecule has 1 heterocycles. The first kappa shape index (κ1) is 18.2. The Morgan fingerprint density at radius 2 is 1.73 bits per heavy atom. The number of hydrogen-bond donors (Lipinski definition) is 2. The van der Waals surface area contributed by atoms with E-state index < -0.39 is 11.7 Å². The van der Waals surface area contributed by atoms with Gasteiger partial charge < -0.3 is 5.32 Å². The maximum Gasteiger partial charge on any atom is 0.416 e. The van der Waals surface area contributed by atoms with Crippen molar-refractivity contribution < 1.29 is 18.0 Å². The topological polar surface area (TPSA) is 57.8 Å². The van der Waals surface area contributed by atoms with Gasteiger partial charge in [0.25, 0.3) is 5.91 Å². The van der Waals surface area contributed by atoms with E-state index in [4.69, 9.17) is 0 Å². The van der Waals surface area contributed by atoms with Gasteiger partial charge in [-0.1, -0.05) is 40.2 Å². The number of carbonyl (C=O) groups excluding carboxylic acids is 1. The predicted molar refractivity (Wildman–Crippen MR) is 94.3 cm³/mol. The molecule has 26 heavy (non-hydrogen) atoms. The molecule has 0 fully saturated rings. The van der Waals surface area contributed by atoms with Gasteiger partial charge in [-0.05, 0) is 35.9 Å². The van der Waals surface area contributed by atoms with E-state index in [9.17, 15) is 18.0 Å². The summed E-state index contributed by atoms with van der Waals surface area (Å²) in [5, 5.41) is 9.41. The third kappa shape index (κ3) is 4.32. The molecule has 0 radical (unpaired) electrons. The molecule has 0 aliphatic rings. The molecule has 1 aromatic heterocycles. The lowest BCUT2D eigenvalue weighted by molar-refractivity contribution is -0.137. The van der Waals surface area contributed by atoms with Crippen LogP contribution in [0.3, 0.4) is 0 Å². The zero-order chi connectivity index (χ0) is 18.7. The van der Waals surface area contributed by atoms with E-state index in [0.29, 0.717) is 11.3 Å². The highest BCUT2D eigenvalue weighted by Crippen LogP contribution is 2.29. The molecule has 0 aliphatic heterocycles. The number of rotatable bonds is 4. The Morgan fingerprint density at radius 3 is 2.35 bits per heavy atom. The van der Waals surface area contributed by atoms with Gasteiger partial charge in [0.2, 0.25) is 0 Å². The maximum atomic E-state index is 12.5. The molecule has 3 aromatic rings. The van der Waals surface area contributed by atoms with E-state index >= 15 is 0 Å². The Balaban J connectivity index is 1.63. The van der Waals surface area contributed by atoms with Crippen molar-refractivity contribution in [2.24, 2.45) is 0 Å².